The van der Waals surface area contributed by atoms with Crippen molar-refractivity contribution in [3.63, 3.8) is 0 Å². The summed E-state index contributed by atoms with van der Waals surface area (Å²) < 4.78 is 3.43. The SMILES string of the molecule is CN(C(=O)c1ccc([N+](=O)[O-])cc1)n1cc[n+](C)c1.[I-]. The number of amides is 1. The van der Waals surface area contributed by atoms with E-state index in [0.717, 1.165) is 0 Å². The van der Waals surface area contributed by atoms with Gasteiger partial charge < -0.3 is 24.0 Å². The molecule has 20 heavy (non-hydrogen) atoms. The van der Waals surface area contributed by atoms with Crippen molar-refractivity contribution in [2.45, 2.75) is 0 Å². The Morgan fingerprint density at radius 2 is 1.95 bits per heavy atom. The Kier molecular flexibility index (Phi) is 5.19. The summed E-state index contributed by atoms with van der Waals surface area (Å²) in [6, 6.07) is 5.52. The second-order valence-electron chi connectivity index (χ2n) is 4.09. The number of rotatable bonds is 3. The third kappa shape index (κ3) is 3.32. The number of halogens is 1. The van der Waals surface area contributed by atoms with Gasteiger partial charge in [-0.05, 0) is 12.1 Å². The van der Waals surface area contributed by atoms with Crippen LogP contribution in [0.15, 0.2) is 43.0 Å². The zero-order chi connectivity index (χ0) is 14.0. The first-order valence-electron chi connectivity index (χ1n) is 5.55. The predicted octanol–water partition coefficient (Wildman–Crippen LogP) is -2.37. The van der Waals surface area contributed by atoms with Crippen molar-refractivity contribution in [3.8, 4) is 0 Å². The number of imidazole rings is 1. The first kappa shape index (κ1) is 16.1. The summed E-state index contributed by atoms with van der Waals surface area (Å²) in [6.45, 7) is 0. The van der Waals surface area contributed by atoms with Gasteiger partial charge in [-0.2, -0.15) is 5.01 Å². The zero-order valence-electron chi connectivity index (χ0n) is 10.9. The molecule has 1 heterocycles. The van der Waals surface area contributed by atoms with Gasteiger partial charge in [0, 0.05) is 17.7 Å². The Morgan fingerprint density at radius 1 is 1.35 bits per heavy atom. The van der Waals surface area contributed by atoms with E-state index in [1.807, 2.05) is 7.05 Å². The Morgan fingerprint density at radius 3 is 2.40 bits per heavy atom. The molecular weight excluding hydrogens is 375 g/mol. The van der Waals surface area contributed by atoms with Crippen LogP contribution in [0.2, 0.25) is 0 Å². The molecule has 7 nitrogen and oxygen atoms in total. The summed E-state index contributed by atoms with van der Waals surface area (Å²) in [5.41, 5.74) is 0.357. The maximum Gasteiger partial charge on any atom is 0.288 e. The summed E-state index contributed by atoms with van der Waals surface area (Å²) in [7, 11) is 3.48. The van der Waals surface area contributed by atoms with Crippen molar-refractivity contribution in [1.82, 2.24) is 4.68 Å². The number of hydrogen-bond donors (Lipinski definition) is 0. The number of nitro benzene ring substituents is 1. The number of nitrogens with zero attached hydrogens (tertiary/aromatic N) is 4. The lowest BCUT2D eigenvalue weighted by molar-refractivity contribution is -0.671. The summed E-state index contributed by atoms with van der Waals surface area (Å²) in [6.07, 6.45) is 5.28. The number of aromatic nitrogens is 2. The van der Waals surface area contributed by atoms with Gasteiger partial charge in [0.05, 0.1) is 19.0 Å². The summed E-state index contributed by atoms with van der Waals surface area (Å²) in [5, 5.41) is 12.0. The van der Waals surface area contributed by atoms with Gasteiger partial charge in [-0.15, -0.1) is 4.68 Å². The van der Waals surface area contributed by atoms with Crippen molar-refractivity contribution in [2.75, 3.05) is 12.1 Å². The summed E-state index contributed by atoms with van der Waals surface area (Å²) in [4.78, 5) is 22.2. The van der Waals surface area contributed by atoms with Crippen molar-refractivity contribution in [2.24, 2.45) is 7.05 Å². The van der Waals surface area contributed by atoms with Gasteiger partial charge in [0.15, 0.2) is 6.20 Å². The highest BCUT2D eigenvalue weighted by Gasteiger charge is 2.18. The molecule has 0 aliphatic carbocycles. The maximum absolute atomic E-state index is 12.2. The van der Waals surface area contributed by atoms with E-state index in [4.69, 9.17) is 0 Å². The van der Waals surface area contributed by atoms with Gasteiger partial charge in [0.1, 0.15) is 6.20 Å². The minimum Gasteiger partial charge on any atom is -1.00 e. The Bertz CT molecular complexity index is 624. The molecule has 0 bridgehead atoms. The third-order valence-electron chi connectivity index (χ3n) is 2.72. The van der Waals surface area contributed by atoms with Crippen molar-refractivity contribution >= 4 is 11.6 Å². The number of benzene rings is 1. The van der Waals surface area contributed by atoms with E-state index in [-0.39, 0.29) is 35.6 Å². The smallest absolute Gasteiger partial charge is 0.288 e. The lowest BCUT2D eigenvalue weighted by Crippen LogP contribution is -3.00. The summed E-state index contributed by atoms with van der Waals surface area (Å²) in [5.74, 6) is -0.244. The second-order valence-corrected chi connectivity index (χ2v) is 4.09. The standard InChI is InChI=1S/C12H13N4O3.HI/c1-13-7-8-15(9-13)14(2)12(17)10-3-5-11(6-4-10)16(18)19;/h3-9H,1-2H3;1H/q+1;/p-1. The molecule has 1 aromatic heterocycles. The fourth-order valence-corrected chi connectivity index (χ4v) is 1.63. The lowest BCUT2D eigenvalue weighted by Gasteiger charge is -2.11. The lowest BCUT2D eigenvalue weighted by atomic mass is 10.2. The van der Waals surface area contributed by atoms with Crippen LogP contribution < -0.4 is 33.6 Å². The van der Waals surface area contributed by atoms with Gasteiger partial charge >= 0.3 is 0 Å². The van der Waals surface area contributed by atoms with Gasteiger partial charge in [-0.1, -0.05) is 0 Å². The van der Waals surface area contributed by atoms with Crippen LogP contribution in [0.5, 0.6) is 0 Å². The van der Waals surface area contributed by atoms with Crippen molar-refractivity contribution in [1.29, 1.82) is 0 Å². The monoisotopic (exact) mass is 388 g/mol. The third-order valence-corrected chi connectivity index (χ3v) is 2.72. The van der Waals surface area contributed by atoms with E-state index in [0.29, 0.717) is 5.56 Å². The van der Waals surface area contributed by atoms with E-state index in [2.05, 4.69) is 0 Å². The van der Waals surface area contributed by atoms with Crippen molar-refractivity contribution < 1.29 is 38.3 Å². The van der Waals surface area contributed by atoms with Crippen LogP contribution in [0.3, 0.4) is 0 Å². The van der Waals surface area contributed by atoms with E-state index in [1.165, 1.54) is 29.3 Å². The molecule has 8 heteroatoms. The molecule has 0 aliphatic rings. The number of carbonyl (C=O) groups is 1. The quantitative estimate of drug-likeness (QED) is 0.256. The van der Waals surface area contributed by atoms with Gasteiger partial charge in [0.2, 0.25) is 0 Å². The molecule has 0 saturated heterocycles. The minimum absolute atomic E-state index is 0. The first-order valence-corrected chi connectivity index (χ1v) is 5.55. The van der Waals surface area contributed by atoms with Crippen LogP contribution in [0.25, 0.3) is 0 Å². The van der Waals surface area contributed by atoms with E-state index < -0.39 is 4.92 Å². The fraction of sp³-hybridized carbons (Fsp3) is 0.167. The molecular formula is C12H13IN4O3. The van der Waals surface area contributed by atoms with Crippen LogP contribution in [0.1, 0.15) is 10.4 Å². The minimum atomic E-state index is -0.496. The van der Waals surface area contributed by atoms with Crippen LogP contribution in [-0.2, 0) is 7.05 Å². The Hall–Kier alpha value is -1.97. The molecule has 1 amide bonds. The highest BCUT2D eigenvalue weighted by atomic mass is 127. The van der Waals surface area contributed by atoms with Crippen LogP contribution >= 0.6 is 0 Å². The molecule has 0 fully saturated rings. The number of hydrogen-bond acceptors (Lipinski definition) is 3. The van der Waals surface area contributed by atoms with Crippen molar-refractivity contribution in [3.05, 3.63) is 58.7 Å². The molecule has 0 N–H and O–H groups in total. The molecule has 2 aromatic rings. The predicted molar refractivity (Wildman–Crippen MR) is 67.2 cm³/mol. The molecule has 1 aromatic carbocycles. The highest BCUT2D eigenvalue weighted by Crippen LogP contribution is 2.12. The second kappa shape index (κ2) is 6.46. The zero-order valence-corrected chi connectivity index (χ0v) is 13.1. The maximum atomic E-state index is 12.2. The fourth-order valence-electron chi connectivity index (χ4n) is 1.63. The highest BCUT2D eigenvalue weighted by molar-refractivity contribution is 6.01. The van der Waals surface area contributed by atoms with E-state index in [1.54, 1.807) is 35.0 Å². The molecule has 2 rings (SSSR count). The average Bonchev–Trinajstić information content (AvgIpc) is 2.84. The van der Waals surface area contributed by atoms with Crippen LogP contribution in [-0.4, -0.2) is 22.6 Å². The first-order chi connectivity index (χ1) is 8.99. The van der Waals surface area contributed by atoms with Crippen LogP contribution in [0, 0.1) is 10.1 Å². The number of carbonyl (C=O) groups excluding carboxylic acids is 1. The largest absolute Gasteiger partial charge is 1.00 e. The molecule has 0 spiro atoms. The summed E-state index contributed by atoms with van der Waals surface area (Å²) >= 11 is 0. The molecule has 0 saturated carbocycles. The number of non-ortho nitro benzene ring substituents is 1. The molecule has 0 radical (unpaired) electrons. The van der Waals surface area contributed by atoms with Gasteiger partial charge in [-0.25, -0.2) is 4.57 Å². The topological polar surface area (TPSA) is 72.3 Å². The van der Waals surface area contributed by atoms with E-state index in [9.17, 15) is 14.9 Å². The molecule has 106 valence electrons. The molecule has 0 atom stereocenters. The van der Waals surface area contributed by atoms with Gasteiger partial charge in [-0.3, -0.25) is 14.9 Å². The van der Waals surface area contributed by atoms with E-state index >= 15 is 0 Å². The van der Waals surface area contributed by atoms with Gasteiger partial charge in [0.25, 0.3) is 17.9 Å². The normalized spacial score (nSPS) is 9.70. The number of nitro groups is 1. The average molecular weight is 388 g/mol. The Balaban J connectivity index is 0.00000200. The Labute approximate surface area is 132 Å². The molecule has 0 aliphatic heterocycles. The molecule has 0 unspecified atom stereocenters. The van der Waals surface area contributed by atoms with Crippen LogP contribution in [0.4, 0.5) is 5.69 Å². The number of aryl methyl sites for hydroxylation is 1.